The van der Waals surface area contributed by atoms with Crippen LogP contribution in [0.1, 0.15) is 27.7 Å². The number of para-hydroxylation sites is 1. The molecule has 0 aliphatic rings. The number of rotatable bonds is 5. The zero-order valence-corrected chi connectivity index (χ0v) is 17.9. The van der Waals surface area contributed by atoms with E-state index in [1.54, 1.807) is 13.8 Å². The first-order chi connectivity index (χ1) is 13.7. The van der Waals surface area contributed by atoms with Crippen molar-refractivity contribution in [2.45, 2.75) is 38.9 Å². The molecule has 29 heavy (non-hydrogen) atoms. The number of furan rings is 1. The molecule has 0 aliphatic carbocycles. The van der Waals surface area contributed by atoms with Crippen LogP contribution in [0.5, 0.6) is 0 Å². The highest BCUT2D eigenvalue weighted by molar-refractivity contribution is 6.48. The van der Waals surface area contributed by atoms with E-state index in [-0.39, 0.29) is 0 Å². The molecule has 0 saturated carbocycles. The number of hydrogen-bond acceptors (Lipinski definition) is 3. The Labute approximate surface area is 176 Å². The molecular formula is C24H24BClO3. The van der Waals surface area contributed by atoms with E-state index in [0.717, 1.165) is 38.5 Å². The number of aliphatic hydroxyl groups is 1. The Morgan fingerprint density at radius 1 is 0.897 bits per heavy atom. The summed E-state index contributed by atoms with van der Waals surface area (Å²) in [5.74, 6) is 0. The summed E-state index contributed by atoms with van der Waals surface area (Å²) in [6.45, 7) is 7.26. The van der Waals surface area contributed by atoms with Gasteiger partial charge >= 0.3 is 7.48 Å². The van der Waals surface area contributed by atoms with Gasteiger partial charge in [-0.3, -0.25) is 0 Å². The lowest BCUT2D eigenvalue weighted by atomic mass is 9.82. The van der Waals surface area contributed by atoms with Crippen molar-refractivity contribution < 1.29 is 14.2 Å². The Morgan fingerprint density at radius 3 is 2.34 bits per heavy atom. The van der Waals surface area contributed by atoms with E-state index in [0.29, 0.717) is 12.5 Å². The second kappa shape index (κ2) is 7.21. The van der Waals surface area contributed by atoms with Gasteiger partial charge < -0.3 is 14.2 Å². The van der Waals surface area contributed by atoms with E-state index in [1.807, 2.05) is 56.3 Å². The zero-order valence-electron chi connectivity index (χ0n) is 17.1. The quantitative estimate of drug-likeness (QED) is 0.448. The lowest BCUT2D eigenvalue weighted by Gasteiger charge is -2.37. The second-order valence-corrected chi connectivity index (χ2v) is 8.89. The smallest absolute Gasteiger partial charge is 0.309 e. The molecule has 4 aromatic rings. The number of halogens is 1. The predicted octanol–water partition coefficient (Wildman–Crippen LogP) is 5.45. The lowest BCUT2D eigenvalue weighted by Crippen LogP contribution is -2.49. The fourth-order valence-electron chi connectivity index (χ4n) is 3.22. The van der Waals surface area contributed by atoms with Crippen molar-refractivity contribution in [1.82, 2.24) is 0 Å². The first-order valence-electron chi connectivity index (χ1n) is 9.72. The molecular weight excluding hydrogens is 383 g/mol. The minimum absolute atomic E-state index is 0.375. The van der Waals surface area contributed by atoms with E-state index in [1.165, 1.54) is 0 Å². The van der Waals surface area contributed by atoms with Crippen molar-refractivity contribution in [3.63, 3.8) is 0 Å². The highest BCUT2D eigenvalue weighted by atomic mass is 35.5. The van der Waals surface area contributed by atoms with Gasteiger partial charge in [-0.15, -0.1) is 0 Å². The molecule has 1 heterocycles. The lowest BCUT2D eigenvalue weighted by molar-refractivity contribution is -0.0893. The zero-order chi connectivity index (χ0) is 20.8. The standard InChI is InChI=1S/C24H24BClO3/c1-23(2,27)24(3,4)29-25-16-10-12-17(20(26)14-16)15-9-11-19-18-7-5-6-8-21(18)28-22(19)13-15/h5-14,25,27H,1-4H3. The Balaban J connectivity index is 1.62. The minimum atomic E-state index is -0.946. The van der Waals surface area contributed by atoms with Gasteiger partial charge in [0.15, 0.2) is 0 Å². The van der Waals surface area contributed by atoms with Crippen LogP contribution in [0, 0.1) is 0 Å². The molecule has 0 amide bonds. The van der Waals surface area contributed by atoms with Crippen LogP contribution in [0.4, 0.5) is 0 Å². The summed E-state index contributed by atoms with van der Waals surface area (Å²) in [5.41, 5.74) is 3.02. The molecule has 0 spiro atoms. The first kappa shape index (κ1) is 20.0. The van der Waals surface area contributed by atoms with Crippen molar-refractivity contribution in [2.75, 3.05) is 0 Å². The normalized spacial score (nSPS) is 12.6. The number of hydrogen-bond donors (Lipinski definition) is 1. The van der Waals surface area contributed by atoms with Gasteiger partial charge in [0, 0.05) is 21.4 Å². The average molecular weight is 407 g/mol. The maximum absolute atomic E-state index is 10.2. The summed E-state index contributed by atoms with van der Waals surface area (Å²) in [7, 11) is 0.375. The van der Waals surface area contributed by atoms with E-state index in [9.17, 15) is 5.11 Å². The van der Waals surface area contributed by atoms with Crippen molar-refractivity contribution in [3.05, 3.63) is 65.7 Å². The van der Waals surface area contributed by atoms with Crippen molar-refractivity contribution in [3.8, 4) is 11.1 Å². The van der Waals surface area contributed by atoms with E-state index in [4.69, 9.17) is 20.7 Å². The first-order valence-corrected chi connectivity index (χ1v) is 10.1. The maximum atomic E-state index is 10.2. The molecule has 4 rings (SSSR count). The van der Waals surface area contributed by atoms with Crippen LogP contribution in [-0.2, 0) is 4.65 Å². The Hall–Kier alpha value is -2.27. The molecule has 0 radical (unpaired) electrons. The van der Waals surface area contributed by atoms with Crippen LogP contribution in [0.2, 0.25) is 5.02 Å². The van der Waals surface area contributed by atoms with Gasteiger partial charge in [-0.05, 0) is 57.5 Å². The highest BCUT2D eigenvalue weighted by Crippen LogP contribution is 2.34. The van der Waals surface area contributed by atoms with E-state index < -0.39 is 11.2 Å². The van der Waals surface area contributed by atoms with Gasteiger partial charge in [0.1, 0.15) is 11.2 Å². The Bertz CT molecular complexity index is 1190. The van der Waals surface area contributed by atoms with Crippen LogP contribution < -0.4 is 5.46 Å². The van der Waals surface area contributed by atoms with E-state index >= 15 is 0 Å². The molecule has 1 aromatic heterocycles. The minimum Gasteiger partial charge on any atom is -0.456 e. The third kappa shape index (κ3) is 3.80. The fraction of sp³-hybridized carbons (Fsp3) is 0.250. The second-order valence-electron chi connectivity index (χ2n) is 8.48. The number of fused-ring (bicyclic) bond motifs is 3. The van der Waals surface area contributed by atoms with Crippen LogP contribution in [0.15, 0.2) is 65.1 Å². The Morgan fingerprint density at radius 2 is 1.62 bits per heavy atom. The molecule has 0 fully saturated rings. The van der Waals surface area contributed by atoms with Gasteiger partial charge in [0.05, 0.1) is 11.2 Å². The average Bonchev–Trinajstić information content (AvgIpc) is 3.03. The summed E-state index contributed by atoms with van der Waals surface area (Å²) >= 11 is 6.60. The van der Waals surface area contributed by atoms with Gasteiger partial charge in [-0.25, -0.2) is 0 Å². The van der Waals surface area contributed by atoms with Gasteiger partial charge in [-0.2, -0.15) is 0 Å². The maximum Gasteiger partial charge on any atom is 0.309 e. The third-order valence-electron chi connectivity index (χ3n) is 5.80. The topological polar surface area (TPSA) is 42.6 Å². The largest absolute Gasteiger partial charge is 0.456 e. The Kier molecular flexibility index (Phi) is 4.98. The molecule has 3 aromatic carbocycles. The molecule has 0 atom stereocenters. The summed E-state index contributed by atoms with van der Waals surface area (Å²) in [6.07, 6.45) is 0. The summed E-state index contributed by atoms with van der Waals surface area (Å²) in [4.78, 5) is 0. The van der Waals surface area contributed by atoms with Gasteiger partial charge in [-0.1, -0.05) is 53.5 Å². The molecule has 0 unspecified atom stereocenters. The van der Waals surface area contributed by atoms with Crippen LogP contribution in [0.25, 0.3) is 33.1 Å². The molecule has 1 N–H and O–H groups in total. The van der Waals surface area contributed by atoms with Crippen LogP contribution >= 0.6 is 11.6 Å². The summed E-state index contributed by atoms with van der Waals surface area (Å²) in [5, 5.41) is 13.1. The van der Waals surface area contributed by atoms with Gasteiger partial charge in [0.2, 0.25) is 0 Å². The van der Waals surface area contributed by atoms with Crippen molar-refractivity contribution in [1.29, 1.82) is 0 Å². The summed E-state index contributed by atoms with van der Waals surface area (Å²) in [6, 6.07) is 20.1. The predicted molar refractivity (Wildman–Crippen MR) is 122 cm³/mol. The molecule has 0 aliphatic heterocycles. The number of benzene rings is 3. The molecule has 5 heteroatoms. The van der Waals surface area contributed by atoms with Gasteiger partial charge in [0.25, 0.3) is 0 Å². The van der Waals surface area contributed by atoms with Crippen molar-refractivity contribution in [2.24, 2.45) is 0 Å². The SMILES string of the molecule is CC(C)(O)C(C)(C)OBc1ccc(-c2ccc3c(c2)oc2ccccc23)c(Cl)c1. The summed E-state index contributed by atoms with van der Waals surface area (Å²) < 4.78 is 11.9. The fourth-order valence-corrected chi connectivity index (χ4v) is 3.53. The molecule has 0 bridgehead atoms. The third-order valence-corrected chi connectivity index (χ3v) is 6.11. The molecule has 0 saturated heterocycles. The van der Waals surface area contributed by atoms with Crippen molar-refractivity contribution >= 4 is 46.5 Å². The molecule has 3 nitrogen and oxygen atoms in total. The van der Waals surface area contributed by atoms with Crippen LogP contribution in [0.3, 0.4) is 0 Å². The van der Waals surface area contributed by atoms with E-state index in [2.05, 4.69) is 18.2 Å². The highest BCUT2D eigenvalue weighted by Gasteiger charge is 2.35. The van der Waals surface area contributed by atoms with Crippen LogP contribution in [-0.4, -0.2) is 23.8 Å². The molecule has 148 valence electrons. The monoisotopic (exact) mass is 406 g/mol.